The average molecular weight is 294 g/mol. The van der Waals surface area contributed by atoms with Crippen molar-refractivity contribution >= 4 is 22.5 Å². The van der Waals surface area contributed by atoms with Gasteiger partial charge in [0.25, 0.3) is 0 Å². The Morgan fingerprint density at radius 2 is 1.90 bits per heavy atom. The molecule has 0 saturated heterocycles. The topological polar surface area (TPSA) is 41.9 Å². The first-order chi connectivity index (χ1) is 9.24. The van der Waals surface area contributed by atoms with Crippen LogP contribution in [0, 0.1) is 0 Å². The molecule has 0 N–H and O–H groups in total. The minimum Gasteiger partial charge on any atom is -0.444 e. The van der Waals surface area contributed by atoms with E-state index >= 15 is 0 Å². The lowest BCUT2D eigenvalue weighted by atomic mass is 10.1. The zero-order chi connectivity index (χ0) is 14.9. The monoisotopic (exact) mass is 294 g/mol. The van der Waals surface area contributed by atoms with Crippen molar-refractivity contribution in [1.29, 1.82) is 0 Å². The molecule has 0 bridgehead atoms. The van der Waals surface area contributed by atoms with Gasteiger partial charge in [0.05, 0.1) is 5.69 Å². The summed E-state index contributed by atoms with van der Waals surface area (Å²) >= 11 is 0. The van der Waals surface area contributed by atoms with Crippen LogP contribution in [0.1, 0.15) is 31.9 Å². The number of rotatable bonds is 1. The van der Waals surface area contributed by atoms with Gasteiger partial charge in [0.1, 0.15) is 5.60 Å². The molecule has 4 nitrogen and oxygen atoms in total. The number of amides is 1. The summed E-state index contributed by atoms with van der Waals surface area (Å²) in [6, 6.07) is 6.16. The Morgan fingerprint density at radius 1 is 1.25 bits per heavy atom. The van der Waals surface area contributed by atoms with E-state index in [1.54, 1.807) is 4.90 Å². The van der Waals surface area contributed by atoms with Gasteiger partial charge in [-0.15, -0.1) is 10.7 Å². The molecule has 1 aromatic rings. The fraction of sp³-hybridized carbons (Fsp3) is 0.533. The lowest BCUT2D eigenvalue weighted by Gasteiger charge is -2.24. The maximum atomic E-state index is 12.1. The van der Waals surface area contributed by atoms with Gasteiger partial charge in [0.2, 0.25) is 0 Å². The summed E-state index contributed by atoms with van der Waals surface area (Å²) in [4.78, 5) is 13.8. The molecule has 0 atom stereocenters. The second kappa shape index (κ2) is 5.56. The number of fused-ring (bicyclic) bond motifs is 1. The van der Waals surface area contributed by atoms with Crippen LogP contribution in [0.4, 0.5) is 10.5 Å². The van der Waals surface area contributed by atoms with Crippen molar-refractivity contribution in [3.8, 4) is 0 Å². The molecule has 0 aromatic heterocycles. The molecule has 0 unspecified atom stereocenters. The average Bonchev–Trinajstić information content (AvgIpc) is 2.68. The first-order valence-corrected chi connectivity index (χ1v) is 8.63. The van der Waals surface area contributed by atoms with E-state index in [0.29, 0.717) is 13.1 Å². The Labute approximate surface area is 123 Å². The van der Waals surface area contributed by atoms with Crippen molar-refractivity contribution < 1.29 is 9.53 Å². The quantitative estimate of drug-likeness (QED) is 0.793. The molecular formula is C15H22N2O2S. The maximum Gasteiger partial charge on any atom is 0.410 e. The van der Waals surface area contributed by atoms with Gasteiger partial charge in [0, 0.05) is 13.1 Å². The van der Waals surface area contributed by atoms with Crippen LogP contribution in [0.2, 0.25) is 0 Å². The van der Waals surface area contributed by atoms with Gasteiger partial charge >= 0.3 is 6.09 Å². The molecule has 1 aliphatic rings. The smallest absolute Gasteiger partial charge is 0.410 e. The van der Waals surface area contributed by atoms with E-state index in [4.69, 9.17) is 4.74 Å². The Morgan fingerprint density at radius 3 is 2.50 bits per heavy atom. The molecule has 1 aromatic carbocycles. The van der Waals surface area contributed by atoms with Gasteiger partial charge in [-0.25, -0.2) is 9.16 Å². The van der Waals surface area contributed by atoms with Crippen LogP contribution < -0.4 is 0 Å². The molecule has 0 spiro atoms. The molecule has 5 heteroatoms. The summed E-state index contributed by atoms with van der Waals surface area (Å²) in [5.41, 5.74) is 2.89. The molecule has 20 heavy (non-hydrogen) atoms. The van der Waals surface area contributed by atoms with E-state index in [1.807, 2.05) is 26.8 Å². The van der Waals surface area contributed by atoms with Crippen LogP contribution >= 0.6 is 0 Å². The standard InChI is InChI=1S/C15H22N2O2S/c1-15(2,3)19-14(18)17-9-11-6-7-13(16-20(4)5)8-12(11)10-17/h6-8H,9-10H2,1-5H3. The molecule has 0 radical (unpaired) electrons. The molecule has 1 amide bonds. The van der Waals surface area contributed by atoms with Crippen molar-refractivity contribution in [3.05, 3.63) is 29.3 Å². The van der Waals surface area contributed by atoms with Gasteiger partial charge in [-0.05, 0) is 56.5 Å². The van der Waals surface area contributed by atoms with Gasteiger partial charge in [0.15, 0.2) is 0 Å². The third-order valence-electron chi connectivity index (χ3n) is 2.85. The van der Waals surface area contributed by atoms with E-state index < -0.39 is 5.60 Å². The molecule has 0 fully saturated rings. The number of ether oxygens (including phenoxy) is 1. The van der Waals surface area contributed by atoms with Crippen LogP contribution in [-0.4, -0.2) is 29.1 Å². The summed E-state index contributed by atoms with van der Waals surface area (Å²) < 4.78 is 9.97. The van der Waals surface area contributed by atoms with E-state index in [-0.39, 0.29) is 16.8 Å². The number of hydrogen-bond donors (Lipinski definition) is 0. The number of benzene rings is 1. The van der Waals surface area contributed by atoms with E-state index in [0.717, 1.165) is 5.69 Å². The fourth-order valence-corrected chi connectivity index (χ4v) is 2.64. The second-order valence-corrected chi connectivity index (χ2v) is 7.88. The largest absolute Gasteiger partial charge is 0.444 e. The van der Waals surface area contributed by atoms with Gasteiger partial charge in [-0.2, -0.15) is 0 Å². The summed E-state index contributed by atoms with van der Waals surface area (Å²) in [5.74, 6) is 0. The Kier molecular flexibility index (Phi) is 4.18. The third kappa shape index (κ3) is 3.82. The predicted molar refractivity (Wildman–Crippen MR) is 83.2 cm³/mol. The Balaban J connectivity index is 2.11. The van der Waals surface area contributed by atoms with Crippen molar-refractivity contribution in [1.82, 2.24) is 4.90 Å². The van der Waals surface area contributed by atoms with Crippen molar-refractivity contribution in [2.24, 2.45) is 4.36 Å². The molecule has 110 valence electrons. The first kappa shape index (κ1) is 15.0. The van der Waals surface area contributed by atoms with E-state index in [2.05, 4.69) is 29.0 Å². The lowest BCUT2D eigenvalue weighted by molar-refractivity contribution is 0.0242. The lowest BCUT2D eigenvalue weighted by Crippen LogP contribution is -2.33. The van der Waals surface area contributed by atoms with Crippen molar-refractivity contribution in [2.45, 2.75) is 39.5 Å². The highest BCUT2D eigenvalue weighted by Gasteiger charge is 2.27. The number of nitrogens with zero attached hydrogens (tertiary/aromatic N) is 2. The number of carbonyl (C=O) groups is 1. The van der Waals surface area contributed by atoms with Gasteiger partial charge < -0.3 is 4.74 Å². The van der Waals surface area contributed by atoms with Crippen LogP contribution in [0.15, 0.2) is 22.6 Å². The first-order valence-electron chi connectivity index (χ1n) is 6.64. The Hall–Kier alpha value is -1.36. The molecule has 0 saturated carbocycles. The van der Waals surface area contributed by atoms with Crippen LogP contribution in [-0.2, 0) is 28.5 Å². The minimum atomic E-state index is -0.453. The maximum absolute atomic E-state index is 12.1. The van der Waals surface area contributed by atoms with Gasteiger partial charge in [-0.3, -0.25) is 4.90 Å². The van der Waals surface area contributed by atoms with Gasteiger partial charge in [-0.1, -0.05) is 6.07 Å². The minimum absolute atomic E-state index is 0.0258. The highest BCUT2D eigenvalue weighted by molar-refractivity contribution is 7.85. The number of carbonyl (C=O) groups excluding carboxylic acids is 1. The zero-order valence-corrected chi connectivity index (χ0v) is 13.6. The normalized spacial score (nSPS) is 14.4. The third-order valence-corrected chi connectivity index (χ3v) is 3.43. The molecule has 0 aliphatic carbocycles. The summed E-state index contributed by atoms with van der Waals surface area (Å²) in [7, 11) is 0.0258. The second-order valence-electron chi connectivity index (χ2n) is 6.15. The number of hydrogen-bond acceptors (Lipinski definition) is 3. The highest BCUT2D eigenvalue weighted by atomic mass is 32.2. The summed E-state index contributed by atoms with van der Waals surface area (Å²) in [6.07, 6.45) is 3.92. The highest BCUT2D eigenvalue weighted by Crippen LogP contribution is 2.28. The summed E-state index contributed by atoms with van der Waals surface area (Å²) in [5, 5.41) is 0. The van der Waals surface area contributed by atoms with Crippen LogP contribution in [0.5, 0.6) is 0 Å². The van der Waals surface area contributed by atoms with Crippen molar-refractivity contribution in [2.75, 3.05) is 12.5 Å². The van der Waals surface area contributed by atoms with E-state index in [1.165, 1.54) is 11.1 Å². The fourth-order valence-electron chi connectivity index (χ4n) is 2.10. The predicted octanol–water partition coefficient (Wildman–Crippen LogP) is 3.63. The van der Waals surface area contributed by atoms with Crippen LogP contribution in [0.25, 0.3) is 0 Å². The van der Waals surface area contributed by atoms with Crippen molar-refractivity contribution in [3.63, 3.8) is 0 Å². The Bertz CT molecular complexity index is 557. The molecule has 2 rings (SSSR count). The SMILES string of the molecule is CS(C)=Nc1ccc2c(c1)CN(C(=O)OC(C)(C)C)C2. The van der Waals surface area contributed by atoms with E-state index in [9.17, 15) is 4.79 Å². The summed E-state index contributed by atoms with van der Waals surface area (Å²) in [6.45, 7) is 6.88. The van der Waals surface area contributed by atoms with Crippen LogP contribution in [0.3, 0.4) is 0 Å². The molecular weight excluding hydrogens is 272 g/mol. The molecule has 1 aliphatic heterocycles. The molecule has 1 heterocycles. The zero-order valence-electron chi connectivity index (χ0n) is 12.8.